The molecule has 0 bridgehead atoms. The molecule has 1 heterocycles. The minimum absolute atomic E-state index is 0.145. The number of methoxy groups -OCH3 is 1. The first-order valence-electron chi connectivity index (χ1n) is 8.97. The zero-order valence-electron chi connectivity index (χ0n) is 16.4. The smallest absolute Gasteiger partial charge is 0.192 e. The summed E-state index contributed by atoms with van der Waals surface area (Å²) in [4.78, 5) is 4.69. The van der Waals surface area contributed by atoms with Gasteiger partial charge in [-0.1, -0.05) is 24.3 Å². The maximum Gasteiger partial charge on any atom is 0.192 e. The lowest BCUT2D eigenvalue weighted by molar-refractivity contribution is 0.195. The molecule has 0 aliphatic rings. The van der Waals surface area contributed by atoms with Crippen molar-refractivity contribution in [3.05, 3.63) is 47.0 Å². The highest BCUT2D eigenvalue weighted by atomic mass is 16.5. The van der Waals surface area contributed by atoms with Crippen LogP contribution in [0.2, 0.25) is 0 Å². The fourth-order valence-corrected chi connectivity index (χ4v) is 2.67. The van der Waals surface area contributed by atoms with E-state index in [1.54, 1.807) is 7.11 Å². The Kier molecular flexibility index (Phi) is 7.59. The molecule has 142 valence electrons. The molecule has 7 nitrogen and oxygen atoms in total. The van der Waals surface area contributed by atoms with Crippen molar-refractivity contribution in [3.8, 4) is 0 Å². The van der Waals surface area contributed by atoms with E-state index in [2.05, 4.69) is 58.9 Å². The molecule has 0 radical (unpaired) electrons. The van der Waals surface area contributed by atoms with Gasteiger partial charge in [-0.05, 0) is 38.3 Å². The molecule has 0 fully saturated rings. The van der Waals surface area contributed by atoms with Crippen LogP contribution in [-0.4, -0.2) is 41.0 Å². The van der Waals surface area contributed by atoms with Crippen LogP contribution in [0, 0.1) is 13.8 Å². The minimum atomic E-state index is 0.145. The van der Waals surface area contributed by atoms with E-state index in [-0.39, 0.29) is 6.04 Å². The monoisotopic (exact) mass is 358 g/mol. The van der Waals surface area contributed by atoms with Gasteiger partial charge >= 0.3 is 0 Å². The van der Waals surface area contributed by atoms with Gasteiger partial charge in [-0.15, -0.1) is 10.2 Å². The number of ether oxygens (including phenoxy) is 1. The summed E-state index contributed by atoms with van der Waals surface area (Å²) in [5.41, 5.74) is 2.52. The summed E-state index contributed by atoms with van der Waals surface area (Å²) < 4.78 is 7.07. The predicted molar refractivity (Wildman–Crippen MR) is 104 cm³/mol. The summed E-state index contributed by atoms with van der Waals surface area (Å²) in [7, 11) is 3.67. The molecule has 1 aromatic carbocycles. The quantitative estimate of drug-likeness (QED) is 0.430. The van der Waals surface area contributed by atoms with Crippen molar-refractivity contribution in [2.75, 3.05) is 20.3 Å². The molecule has 0 amide bonds. The number of hydrogen-bond donors (Lipinski definition) is 2. The van der Waals surface area contributed by atoms with E-state index in [1.165, 1.54) is 11.1 Å². The van der Waals surface area contributed by atoms with E-state index in [4.69, 9.17) is 9.73 Å². The Hall–Kier alpha value is -2.41. The van der Waals surface area contributed by atoms with Gasteiger partial charge in [-0.2, -0.15) is 0 Å². The highest BCUT2D eigenvalue weighted by Gasteiger charge is 2.11. The summed E-state index contributed by atoms with van der Waals surface area (Å²) in [5, 5.41) is 15.1. The molecule has 0 aliphatic carbocycles. The number of nitrogens with zero attached hydrogens (tertiary/aromatic N) is 4. The number of aryl methyl sites for hydroxylation is 2. The first-order valence-corrected chi connectivity index (χ1v) is 8.97. The van der Waals surface area contributed by atoms with Gasteiger partial charge in [0.05, 0.1) is 6.04 Å². The van der Waals surface area contributed by atoms with Gasteiger partial charge in [0.2, 0.25) is 0 Å². The molecule has 0 saturated heterocycles. The SMILES string of the molecule is COCCCNC(=NCc1nnc(C)n1C)NC(C)c1ccccc1C. The lowest BCUT2D eigenvalue weighted by Crippen LogP contribution is -2.39. The molecule has 1 aromatic heterocycles. The van der Waals surface area contributed by atoms with Crippen LogP contribution in [-0.2, 0) is 18.3 Å². The second-order valence-corrected chi connectivity index (χ2v) is 6.38. The summed E-state index contributed by atoms with van der Waals surface area (Å²) in [6.07, 6.45) is 0.916. The second-order valence-electron chi connectivity index (χ2n) is 6.38. The summed E-state index contributed by atoms with van der Waals surface area (Å²) in [5.74, 6) is 2.48. The molecular weight excluding hydrogens is 328 g/mol. The fourth-order valence-electron chi connectivity index (χ4n) is 2.67. The van der Waals surface area contributed by atoms with E-state index in [0.717, 1.165) is 37.2 Å². The topological polar surface area (TPSA) is 76.4 Å². The van der Waals surface area contributed by atoms with Crippen LogP contribution in [0.15, 0.2) is 29.3 Å². The Labute approximate surface area is 155 Å². The lowest BCUT2D eigenvalue weighted by Gasteiger charge is -2.20. The van der Waals surface area contributed by atoms with Crippen molar-refractivity contribution in [1.29, 1.82) is 0 Å². The number of aliphatic imine (C=N–C) groups is 1. The first kappa shape index (κ1) is 19.9. The van der Waals surface area contributed by atoms with Crippen molar-refractivity contribution in [2.45, 2.75) is 39.8 Å². The molecule has 26 heavy (non-hydrogen) atoms. The number of aromatic nitrogens is 3. The average Bonchev–Trinajstić information content (AvgIpc) is 2.95. The molecule has 1 atom stereocenters. The van der Waals surface area contributed by atoms with E-state index >= 15 is 0 Å². The van der Waals surface area contributed by atoms with Gasteiger partial charge in [0.1, 0.15) is 12.4 Å². The first-order chi connectivity index (χ1) is 12.5. The van der Waals surface area contributed by atoms with E-state index in [9.17, 15) is 0 Å². The average molecular weight is 358 g/mol. The van der Waals surface area contributed by atoms with Crippen molar-refractivity contribution >= 4 is 5.96 Å². The van der Waals surface area contributed by atoms with Crippen LogP contribution >= 0.6 is 0 Å². The molecule has 2 aromatic rings. The zero-order valence-corrected chi connectivity index (χ0v) is 16.4. The molecule has 2 rings (SSSR count). The van der Waals surface area contributed by atoms with Crippen LogP contribution < -0.4 is 10.6 Å². The van der Waals surface area contributed by atoms with Crippen molar-refractivity contribution < 1.29 is 4.74 Å². The second kappa shape index (κ2) is 9.91. The Bertz CT molecular complexity index is 725. The number of rotatable bonds is 8. The lowest BCUT2D eigenvalue weighted by atomic mass is 10.0. The molecule has 0 saturated carbocycles. The largest absolute Gasteiger partial charge is 0.385 e. The third kappa shape index (κ3) is 5.56. The molecule has 0 aliphatic heterocycles. The van der Waals surface area contributed by atoms with Gasteiger partial charge < -0.3 is 19.9 Å². The van der Waals surface area contributed by atoms with Crippen LogP contribution in [0.4, 0.5) is 0 Å². The third-order valence-corrected chi connectivity index (χ3v) is 4.39. The van der Waals surface area contributed by atoms with E-state index in [0.29, 0.717) is 6.54 Å². The minimum Gasteiger partial charge on any atom is -0.385 e. The maximum absolute atomic E-state index is 5.12. The summed E-state index contributed by atoms with van der Waals surface area (Å²) in [6.45, 7) is 8.17. The van der Waals surface area contributed by atoms with Gasteiger partial charge in [0.25, 0.3) is 0 Å². The van der Waals surface area contributed by atoms with Crippen molar-refractivity contribution in [2.24, 2.45) is 12.0 Å². The molecule has 2 N–H and O–H groups in total. The Balaban J connectivity index is 2.08. The number of guanidine groups is 1. The Morgan fingerprint density at radius 2 is 2.04 bits per heavy atom. The predicted octanol–water partition coefficient (Wildman–Crippen LogP) is 2.26. The van der Waals surface area contributed by atoms with Crippen molar-refractivity contribution in [1.82, 2.24) is 25.4 Å². The summed E-state index contributed by atoms with van der Waals surface area (Å²) in [6, 6.07) is 8.53. The fraction of sp³-hybridized carbons (Fsp3) is 0.526. The van der Waals surface area contributed by atoms with Gasteiger partial charge in [-0.25, -0.2) is 4.99 Å². The van der Waals surface area contributed by atoms with Crippen LogP contribution in [0.25, 0.3) is 0 Å². The van der Waals surface area contributed by atoms with Crippen molar-refractivity contribution in [3.63, 3.8) is 0 Å². The van der Waals surface area contributed by atoms with Crippen LogP contribution in [0.1, 0.15) is 42.2 Å². The van der Waals surface area contributed by atoms with E-state index in [1.807, 2.05) is 18.5 Å². The Morgan fingerprint density at radius 1 is 1.27 bits per heavy atom. The molecular formula is C19H30N6O. The maximum atomic E-state index is 5.12. The normalized spacial score (nSPS) is 12.9. The summed E-state index contributed by atoms with van der Waals surface area (Å²) >= 11 is 0. The van der Waals surface area contributed by atoms with E-state index < -0.39 is 0 Å². The van der Waals surface area contributed by atoms with Crippen LogP contribution in [0.5, 0.6) is 0 Å². The molecule has 1 unspecified atom stereocenters. The van der Waals surface area contributed by atoms with Gasteiger partial charge in [0, 0.05) is 27.3 Å². The molecule has 0 spiro atoms. The van der Waals surface area contributed by atoms with Crippen LogP contribution in [0.3, 0.4) is 0 Å². The Morgan fingerprint density at radius 3 is 2.69 bits per heavy atom. The number of nitrogens with one attached hydrogen (secondary N) is 2. The standard InChI is InChI=1S/C19H30N6O/c1-14-9-6-7-10-17(14)15(2)22-19(20-11-8-12-26-5)21-13-18-24-23-16(3)25(18)4/h6-7,9-10,15H,8,11-13H2,1-5H3,(H2,20,21,22). The molecule has 7 heteroatoms. The number of benzene rings is 1. The highest BCUT2D eigenvalue weighted by molar-refractivity contribution is 5.80. The zero-order chi connectivity index (χ0) is 18.9. The number of hydrogen-bond acceptors (Lipinski definition) is 4. The van der Waals surface area contributed by atoms with Gasteiger partial charge in [-0.3, -0.25) is 0 Å². The third-order valence-electron chi connectivity index (χ3n) is 4.39. The van der Waals surface area contributed by atoms with Gasteiger partial charge in [0.15, 0.2) is 11.8 Å². The highest BCUT2D eigenvalue weighted by Crippen LogP contribution is 2.16.